The van der Waals surface area contributed by atoms with Crippen LogP contribution in [-0.4, -0.2) is 14.1 Å². The van der Waals surface area contributed by atoms with Gasteiger partial charge in [-0.3, -0.25) is 0 Å². The zero-order valence-corrected chi connectivity index (χ0v) is 11.6. The Kier molecular flexibility index (Phi) is 22.6. The van der Waals surface area contributed by atoms with Crippen molar-refractivity contribution in [1.29, 1.82) is 0 Å². The molecule has 0 aromatic heterocycles. The van der Waals surface area contributed by atoms with Crippen LogP contribution in [0.25, 0.3) is 0 Å². The average molecular weight is 215 g/mol. The van der Waals surface area contributed by atoms with Gasteiger partial charge in [-0.2, -0.15) is 0 Å². The standard InChI is InChI=1S/C12H26.C2H7N/c1-3-5-7-9-11-12-10-8-6-4-2;1-3-2/h3-12H2,1-2H3;3H,1-2H3. The number of hydrogen-bond acceptors (Lipinski definition) is 1. The van der Waals surface area contributed by atoms with Gasteiger partial charge in [0.25, 0.3) is 0 Å². The van der Waals surface area contributed by atoms with E-state index in [0.29, 0.717) is 0 Å². The largest absolute Gasteiger partial charge is 0.323 e. The summed E-state index contributed by atoms with van der Waals surface area (Å²) in [6, 6.07) is 0. The van der Waals surface area contributed by atoms with Gasteiger partial charge in [-0.1, -0.05) is 78.1 Å². The van der Waals surface area contributed by atoms with Crippen LogP contribution in [0.4, 0.5) is 0 Å². The van der Waals surface area contributed by atoms with Crippen molar-refractivity contribution in [1.82, 2.24) is 5.32 Å². The summed E-state index contributed by atoms with van der Waals surface area (Å²) in [5.41, 5.74) is 0. The maximum absolute atomic E-state index is 2.75. The first kappa shape index (κ1) is 17.4. The van der Waals surface area contributed by atoms with Crippen LogP contribution in [-0.2, 0) is 0 Å². The van der Waals surface area contributed by atoms with E-state index in [1.54, 1.807) is 0 Å². The molecule has 1 N–H and O–H groups in total. The summed E-state index contributed by atoms with van der Waals surface area (Å²) >= 11 is 0. The van der Waals surface area contributed by atoms with Gasteiger partial charge in [0.05, 0.1) is 0 Å². The Hall–Kier alpha value is -0.0400. The second-order valence-electron chi connectivity index (χ2n) is 4.33. The summed E-state index contributed by atoms with van der Waals surface area (Å²) in [6.45, 7) is 4.56. The average Bonchev–Trinajstić information content (AvgIpc) is 2.23. The lowest BCUT2D eigenvalue weighted by molar-refractivity contribution is 0.562. The quantitative estimate of drug-likeness (QED) is 0.547. The van der Waals surface area contributed by atoms with Gasteiger partial charge >= 0.3 is 0 Å². The Balaban J connectivity index is 0. The number of nitrogens with one attached hydrogen (secondary N) is 1. The Labute approximate surface area is 98.0 Å². The Morgan fingerprint density at radius 3 is 0.933 bits per heavy atom. The van der Waals surface area contributed by atoms with E-state index in [9.17, 15) is 0 Å². The third-order valence-corrected chi connectivity index (χ3v) is 2.46. The number of rotatable bonds is 9. The Morgan fingerprint density at radius 2 is 0.733 bits per heavy atom. The predicted octanol–water partition coefficient (Wildman–Crippen LogP) is 4.76. The fourth-order valence-electron chi connectivity index (χ4n) is 1.56. The zero-order chi connectivity index (χ0) is 11.8. The van der Waals surface area contributed by atoms with Crippen LogP contribution >= 0.6 is 0 Å². The first-order valence-electron chi connectivity index (χ1n) is 6.91. The van der Waals surface area contributed by atoms with Crippen LogP contribution in [0.5, 0.6) is 0 Å². The first-order valence-corrected chi connectivity index (χ1v) is 6.91. The van der Waals surface area contributed by atoms with Gasteiger partial charge in [0.2, 0.25) is 0 Å². The molecule has 0 heterocycles. The molecule has 0 fully saturated rings. The summed E-state index contributed by atoms with van der Waals surface area (Å²) in [5, 5.41) is 2.75. The van der Waals surface area contributed by atoms with E-state index >= 15 is 0 Å². The molecule has 0 bridgehead atoms. The lowest BCUT2D eigenvalue weighted by Gasteiger charge is -1.99. The Bertz CT molecular complexity index is 71.4. The molecule has 0 saturated carbocycles. The molecule has 0 aliphatic carbocycles. The molecule has 0 saturated heterocycles. The van der Waals surface area contributed by atoms with Gasteiger partial charge < -0.3 is 5.32 Å². The van der Waals surface area contributed by atoms with Crippen molar-refractivity contribution in [3.05, 3.63) is 0 Å². The van der Waals surface area contributed by atoms with E-state index in [1.165, 1.54) is 64.2 Å². The smallest absolute Gasteiger partial charge is 0.0167 e. The van der Waals surface area contributed by atoms with Crippen LogP contribution in [0.2, 0.25) is 0 Å². The molecule has 1 heteroatoms. The fourth-order valence-corrected chi connectivity index (χ4v) is 1.56. The van der Waals surface area contributed by atoms with Gasteiger partial charge in [-0.05, 0) is 14.1 Å². The van der Waals surface area contributed by atoms with E-state index in [2.05, 4.69) is 19.2 Å². The van der Waals surface area contributed by atoms with Gasteiger partial charge in [0.1, 0.15) is 0 Å². The minimum atomic E-state index is 1.37. The SMILES string of the molecule is CCCCCCCCCCCC.CNC. The molecule has 0 radical (unpaired) electrons. The highest BCUT2D eigenvalue weighted by Gasteiger charge is 1.90. The van der Waals surface area contributed by atoms with Gasteiger partial charge in [-0.15, -0.1) is 0 Å². The van der Waals surface area contributed by atoms with Crippen molar-refractivity contribution in [3.8, 4) is 0 Å². The van der Waals surface area contributed by atoms with E-state index in [0.717, 1.165) is 0 Å². The normalized spacial score (nSPS) is 9.60. The Morgan fingerprint density at radius 1 is 0.533 bits per heavy atom. The molecule has 0 spiro atoms. The lowest BCUT2D eigenvalue weighted by atomic mass is 10.1. The highest BCUT2D eigenvalue weighted by Crippen LogP contribution is 2.09. The van der Waals surface area contributed by atoms with E-state index < -0.39 is 0 Å². The molecule has 15 heavy (non-hydrogen) atoms. The maximum Gasteiger partial charge on any atom is -0.0167 e. The molecule has 0 aromatic carbocycles. The van der Waals surface area contributed by atoms with Crippen LogP contribution in [0.3, 0.4) is 0 Å². The minimum absolute atomic E-state index is 1.37. The molecule has 0 atom stereocenters. The summed E-state index contributed by atoms with van der Waals surface area (Å²) < 4.78 is 0. The van der Waals surface area contributed by atoms with Crippen LogP contribution in [0.1, 0.15) is 78.1 Å². The minimum Gasteiger partial charge on any atom is -0.323 e. The summed E-state index contributed by atoms with van der Waals surface area (Å²) in [5.74, 6) is 0. The second kappa shape index (κ2) is 19.5. The van der Waals surface area contributed by atoms with Gasteiger partial charge in [-0.25, -0.2) is 0 Å². The highest BCUT2D eigenvalue weighted by molar-refractivity contribution is 4.45. The van der Waals surface area contributed by atoms with Crippen LogP contribution in [0, 0.1) is 0 Å². The first-order chi connectivity index (χ1) is 7.33. The molecule has 0 unspecified atom stereocenters. The molecule has 0 aromatic rings. The second-order valence-corrected chi connectivity index (χ2v) is 4.33. The van der Waals surface area contributed by atoms with Crippen LogP contribution in [0.15, 0.2) is 0 Å². The van der Waals surface area contributed by atoms with Crippen molar-refractivity contribution < 1.29 is 0 Å². The van der Waals surface area contributed by atoms with E-state index in [1.807, 2.05) is 14.1 Å². The molecule has 0 aliphatic heterocycles. The predicted molar refractivity (Wildman–Crippen MR) is 72.5 cm³/mol. The highest BCUT2D eigenvalue weighted by atomic mass is 14.7. The van der Waals surface area contributed by atoms with Crippen LogP contribution < -0.4 is 5.32 Å². The number of hydrogen-bond donors (Lipinski definition) is 1. The lowest BCUT2D eigenvalue weighted by Crippen LogP contribution is -1.89. The molecule has 1 nitrogen and oxygen atoms in total. The maximum atomic E-state index is 2.75. The van der Waals surface area contributed by atoms with Crippen molar-refractivity contribution in [2.75, 3.05) is 14.1 Å². The van der Waals surface area contributed by atoms with E-state index in [4.69, 9.17) is 0 Å². The number of unbranched alkanes of at least 4 members (excludes halogenated alkanes) is 9. The van der Waals surface area contributed by atoms with Gasteiger partial charge in [0.15, 0.2) is 0 Å². The van der Waals surface area contributed by atoms with Crippen molar-refractivity contribution in [2.45, 2.75) is 78.1 Å². The summed E-state index contributed by atoms with van der Waals surface area (Å²) in [4.78, 5) is 0. The summed E-state index contributed by atoms with van der Waals surface area (Å²) in [6.07, 6.45) is 14.4. The third kappa shape index (κ3) is 24.9. The third-order valence-electron chi connectivity index (χ3n) is 2.46. The van der Waals surface area contributed by atoms with Gasteiger partial charge in [0, 0.05) is 0 Å². The summed E-state index contributed by atoms with van der Waals surface area (Å²) in [7, 11) is 3.75. The van der Waals surface area contributed by atoms with E-state index in [-0.39, 0.29) is 0 Å². The topological polar surface area (TPSA) is 12.0 Å². The molecule has 94 valence electrons. The molecular formula is C14H33N. The fraction of sp³-hybridized carbons (Fsp3) is 1.00. The van der Waals surface area contributed by atoms with Crippen molar-refractivity contribution in [3.63, 3.8) is 0 Å². The molecule has 0 rings (SSSR count). The van der Waals surface area contributed by atoms with Crippen molar-refractivity contribution in [2.24, 2.45) is 0 Å². The molecule has 0 aliphatic rings. The molecular weight excluding hydrogens is 182 g/mol. The monoisotopic (exact) mass is 215 g/mol. The molecule has 0 amide bonds. The zero-order valence-electron chi connectivity index (χ0n) is 11.6. The van der Waals surface area contributed by atoms with Crippen molar-refractivity contribution >= 4 is 0 Å².